The maximum absolute atomic E-state index is 13.1. The third-order valence-corrected chi connectivity index (χ3v) is 5.83. The van der Waals surface area contributed by atoms with Crippen molar-refractivity contribution in [3.05, 3.63) is 61.5 Å². The predicted molar refractivity (Wildman–Crippen MR) is 129 cm³/mol. The molecule has 2 rings (SSSR count). The Kier molecular flexibility index (Phi) is 9.94. The van der Waals surface area contributed by atoms with Gasteiger partial charge in [-0.25, -0.2) is 0 Å². The number of benzene rings is 2. The normalized spacial score (nSPS) is 11.9. The molecule has 0 aliphatic heterocycles. The number of amides is 2. The Bertz CT molecular complexity index is 940. The average molecular weight is 551 g/mol. The molecule has 0 radical (unpaired) electrons. The van der Waals surface area contributed by atoms with Crippen molar-refractivity contribution in [3.8, 4) is 5.75 Å². The van der Waals surface area contributed by atoms with E-state index in [2.05, 4.69) is 21.2 Å². The summed E-state index contributed by atoms with van der Waals surface area (Å²) in [6.45, 7) is 6.02. The highest BCUT2D eigenvalue weighted by atomic mass is 79.9. The highest BCUT2D eigenvalue weighted by molar-refractivity contribution is 9.10. The van der Waals surface area contributed by atoms with Crippen LogP contribution in [0.1, 0.15) is 26.3 Å². The Labute approximate surface area is 206 Å². The smallest absolute Gasteiger partial charge is 0.261 e. The highest BCUT2D eigenvalue weighted by Crippen LogP contribution is 2.28. The summed E-state index contributed by atoms with van der Waals surface area (Å²) in [6.07, 6.45) is 0. The first-order valence-electron chi connectivity index (χ1n) is 9.67. The van der Waals surface area contributed by atoms with Gasteiger partial charge in [0.15, 0.2) is 6.61 Å². The molecule has 5 nitrogen and oxygen atoms in total. The summed E-state index contributed by atoms with van der Waals surface area (Å²) in [6, 6.07) is 9.39. The van der Waals surface area contributed by atoms with Gasteiger partial charge in [0.1, 0.15) is 11.8 Å². The quantitative estimate of drug-likeness (QED) is 0.418. The lowest BCUT2D eigenvalue weighted by Gasteiger charge is -2.29. The summed E-state index contributed by atoms with van der Waals surface area (Å²) < 4.78 is 6.42. The van der Waals surface area contributed by atoms with Crippen molar-refractivity contribution in [2.45, 2.75) is 33.4 Å². The fourth-order valence-corrected chi connectivity index (χ4v) is 3.88. The fourth-order valence-electron chi connectivity index (χ4n) is 2.68. The number of carbonyl (C=O) groups is 2. The third kappa shape index (κ3) is 7.86. The Morgan fingerprint density at radius 2 is 1.77 bits per heavy atom. The Hall–Kier alpha value is -1.47. The molecule has 2 aromatic rings. The maximum atomic E-state index is 13.1. The van der Waals surface area contributed by atoms with E-state index in [-0.39, 0.29) is 30.9 Å². The first kappa shape index (κ1) is 25.8. The molecule has 0 aromatic heterocycles. The predicted octanol–water partition coefficient (Wildman–Crippen LogP) is 5.98. The molecule has 2 aromatic carbocycles. The summed E-state index contributed by atoms with van der Waals surface area (Å²) in [4.78, 5) is 27.2. The van der Waals surface area contributed by atoms with Crippen LogP contribution in [0.5, 0.6) is 5.75 Å². The molecule has 0 saturated heterocycles. The molecule has 0 fully saturated rings. The van der Waals surface area contributed by atoms with Crippen molar-refractivity contribution < 1.29 is 14.3 Å². The number of hydrogen-bond acceptors (Lipinski definition) is 3. The Balaban J connectivity index is 2.20. The summed E-state index contributed by atoms with van der Waals surface area (Å²) in [7, 11) is 0. The largest absolute Gasteiger partial charge is 0.482 e. The van der Waals surface area contributed by atoms with Gasteiger partial charge in [0.2, 0.25) is 5.91 Å². The van der Waals surface area contributed by atoms with Gasteiger partial charge >= 0.3 is 0 Å². The molecule has 0 spiro atoms. The fraction of sp³-hybridized carbons (Fsp3) is 0.364. The molecular weight excluding hydrogens is 527 g/mol. The standard InChI is InChI=1S/C22H24BrCl3N2O3/c1-13(2)10-27-22(30)14(3)28(11-15-4-6-17(24)9-18(15)25)21(29)12-31-20-7-5-16(23)8-19(20)26/h4-9,13-14H,10-12H2,1-3H3,(H,27,30)/t14-/m1/s1. The van der Waals surface area contributed by atoms with Crippen molar-refractivity contribution >= 4 is 62.5 Å². The Morgan fingerprint density at radius 1 is 1.06 bits per heavy atom. The second-order valence-corrected chi connectivity index (χ2v) is 9.60. The van der Waals surface area contributed by atoms with Gasteiger partial charge in [-0.05, 0) is 48.7 Å². The van der Waals surface area contributed by atoms with Crippen molar-refractivity contribution in [3.63, 3.8) is 0 Å². The molecule has 168 valence electrons. The van der Waals surface area contributed by atoms with Crippen molar-refractivity contribution in [2.24, 2.45) is 5.92 Å². The number of carbonyl (C=O) groups excluding carboxylic acids is 2. The second-order valence-electron chi connectivity index (χ2n) is 7.44. The minimum atomic E-state index is -0.734. The van der Waals surface area contributed by atoms with Crippen LogP contribution >= 0.6 is 50.7 Å². The minimum Gasteiger partial charge on any atom is -0.482 e. The van der Waals surface area contributed by atoms with E-state index in [9.17, 15) is 9.59 Å². The molecule has 31 heavy (non-hydrogen) atoms. The number of halogens is 4. The number of nitrogens with one attached hydrogen (secondary N) is 1. The van der Waals surface area contributed by atoms with Crippen LogP contribution in [-0.2, 0) is 16.1 Å². The van der Waals surface area contributed by atoms with Gasteiger partial charge in [0.05, 0.1) is 5.02 Å². The molecule has 1 N–H and O–H groups in total. The van der Waals surface area contributed by atoms with E-state index in [1.54, 1.807) is 43.3 Å². The van der Waals surface area contributed by atoms with Crippen LogP contribution in [0.15, 0.2) is 40.9 Å². The lowest BCUT2D eigenvalue weighted by Crippen LogP contribution is -2.49. The zero-order valence-corrected chi connectivity index (χ0v) is 21.3. The number of hydrogen-bond donors (Lipinski definition) is 1. The summed E-state index contributed by atoms with van der Waals surface area (Å²) >= 11 is 21.8. The van der Waals surface area contributed by atoms with Crippen molar-refractivity contribution in [1.82, 2.24) is 10.2 Å². The minimum absolute atomic E-state index is 0.128. The van der Waals surface area contributed by atoms with E-state index in [1.165, 1.54) is 4.90 Å². The Morgan fingerprint density at radius 3 is 2.39 bits per heavy atom. The van der Waals surface area contributed by atoms with Crippen LogP contribution in [0.2, 0.25) is 15.1 Å². The molecular formula is C22H24BrCl3N2O3. The van der Waals surface area contributed by atoms with E-state index in [4.69, 9.17) is 39.5 Å². The molecule has 2 amide bonds. The number of ether oxygens (including phenoxy) is 1. The first-order chi connectivity index (χ1) is 14.6. The van der Waals surface area contributed by atoms with Crippen LogP contribution < -0.4 is 10.1 Å². The van der Waals surface area contributed by atoms with Crippen molar-refractivity contribution in [2.75, 3.05) is 13.2 Å². The van der Waals surface area contributed by atoms with E-state index < -0.39 is 6.04 Å². The van der Waals surface area contributed by atoms with E-state index >= 15 is 0 Å². The zero-order chi connectivity index (χ0) is 23.1. The molecule has 1 atom stereocenters. The van der Waals surface area contributed by atoms with Gasteiger partial charge in [0.25, 0.3) is 5.91 Å². The molecule has 9 heteroatoms. The van der Waals surface area contributed by atoms with E-state index in [0.29, 0.717) is 32.9 Å². The summed E-state index contributed by atoms with van der Waals surface area (Å²) in [5.41, 5.74) is 0.671. The molecule has 0 unspecified atom stereocenters. The van der Waals surface area contributed by atoms with Gasteiger partial charge in [-0.1, -0.05) is 70.6 Å². The molecule has 0 heterocycles. The highest BCUT2D eigenvalue weighted by Gasteiger charge is 2.27. The molecule has 0 bridgehead atoms. The average Bonchev–Trinajstić information content (AvgIpc) is 2.70. The zero-order valence-electron chi connectivity index (χ0n) is 17.4. The van der Waals surface area contributed by atoms with Gasteiger partial charge in [0, 0.05) is 27.6 Å². The SMILES string of the molecule is CC(C)CNC(=O)[C@@H](C)N(Cc1ccc(Cl)cc1Cl)C(=O)COc1ccc(Br)cc1Cl. The van der Waals surface area contributed by atoms with Crippen LogP contribution in [0.25, 0.3) is 0 Å². The van der Waals surface area contributed by atoms with Crippen LogP contribution in [0.4, 0.5) is 0 Å². The molecule has 0 saturated carbocycles. The second kappa shape index (κ2) is 12.0. The first-order valence-corrected chi connectivity index (χ1v) is 11.6. The van der Waals surface area contributed by atoms with Crippen molar-refractivity contribution in [1.29, 1.82) is 0 Å². The molecule has 0 aliphatic carbocycles. The van der Waals surface area contributed by atoms with Gasteiger partial charge in [-0.2, -0.15) is 0 Å². The van der Waals surface area contributed by atoms with Crippen LogP contribution in [-0.4, -0.2) is 35.9 Å². The monoisotopic (exact) mass is 548 g/mol. The van der Waals surface area contributed by atoms with Gasteiger partial charge in [-0.15, -0.1) is 0 Å². The number of nitrogens with zero attached hydrogens (tertiary/aromatic N) is 1. The van der Waals surface area contributed by atoms with Crippen LogP contribution in [0.3, 0.4) is 0 Å². The summed E-state index contributed by atoms with van der Waals surface area (Å²) in [5.74, 6) is 0.0273. The maximum Gasteiger partial charge on any atom is 0.261 e. The summed E-state index contributed by atoms with van der Waals surface area (Å²) in [5, 5.41) is 4.14. The molecule has 0 aliphatic rings. The topological polar surface area (TPSA) is 58.6 Å². The lowest BCUT2D eigenvalue weighted by atomic mass is 10.1. The van der Waals surface area contributed by atoms with Gasteiger partial charge in [-0.3, -0.25) is 9.59 Å². The van der Waals surface area contributed by atoms with E-state index in [0.717, 1.165) is 4.47 Å². The lowest BCUT2D eigenvalue weighted by molar-refractivity contribution is -0.142. The third-order valence-electron chi connectivity index (χ3n) is 4.45. The number of rotatable bonds is 9. The van der Waals surface area contributed by atoms with E-state index in [1.807, 2.05) is 13.8 Å². The van der Waals surface area contributed by atoms with Gasteiger partial charge < -0.3 is 15.0 Å². The van der Waals surface area contributed by atoms with Crippen LogP contribution in [0, 0.1) is 5.92 Å².